The van der Waals surface area contributed by atoms with Gasteiger partial charge in [-0.25, -0.2) is 0 Å². The number of hydrogen-bond donors (Lipinski definition) is 2. The molecule has 1 amide bonds. The Balaban J connectivity index is 2.03. The molecule has 1 fully saturated rings. The second-order valence-electron chi connectivity index (χ2n) is 5.89. The van der Waals surface area contributed by atoms with Gasteiger partial charge in [0, 0.05) is 24.0 Å². The Kier molecular flexibility index (Phi) is 4.33. The van der Waals surface area contributed by atoms with Crippen LogP contribution in [0.4, 0.5) is 11.4 Å². The zero-order valence-electron chi connectivity index (χ0n) is 12.6. The summed E-state index contributed by atoms with van der Waals surface area (Å²) < 4.78 is 0. The van der Waals surface area contributed by atoms with Crippen LogP contribution in [0.1, 0.15) is 40.0 Å². The van der Waals surface area contributed by atoms with Crippen molar-refractivity contribution in [1.82, 2.24) is 0 Å². The van der Waals surface area contributed by atoms with E-state index in [0.29, 0.717) is 6.04 Å². The highest BCUT2D eigenvalue weighted by Crippen LogP contribution is 2.30. The summed E-state index contributed by atoms with van der Waals surface area (Å²) in [5, 5.41) is 2.92. The molecule has 1 aliphatic rings. The highest BCUT2D eigenvalue weighted by molar-refractivity contribution is 5.98. The van der Waals surface area contributed by atoms with E-state index in [1.54, 1.807) is 0 Å². The molecule has 2 rings (SSSR count). The molecule has 0 atom stereocenters. The molecule has 4 heteroatoms. The quantitative estimate of drug-likeness (QED) is 0.868. The Morgan fingerprint density at radius 2 is 1.95 bits per heavy atom. The Morgan fingerprint density at radius 3 is 2.35 bits per heavy atom. The third-order valence-electron chi connectivity index (χ3n) is 4.12. The van der Waals surface area contributed by atoms with Crippen LogP contribution in [-0.2, 0) is 4.79 Å². The lowest BCUT2D eigenvalue weighted by Crippen LogP contribution is -2.56. The number of rotatable bonds is 5. The fraction of sp³-hybridized carbons (Fsp3) is 0.562. The molecule has 1 aromatic rings. The van der Waals surface area contributed by atoms with Gasteiger partial charge in [-0.15, -0.1) is 0 Å². The minimum atomic E-state index is -0.647. The van der Waals surface area contributed by atoms with E-state index in [0.717, 1.165) is 31.5 Å². The van der Waals surface area contributed by atoms with Gasteiger partial charge in [0.1, 0.15) is 0 Å². The Hall–Kier alpha value is -1.55. The molecule has 0 spiro atoms. The molecular formula is C16H25N3O. The lowest BCUT2D eigenvalue weighted by Gasteiger charge is -2.36. The van der Waals surface area contributed by atoms with Gasteiger partial charge in [0.15, 0.2) is 0 Å². The first kappa shape index (κ1) is 14.9. The van der Waals surface area contributed by atoms with Crippen LogP contribution in [0.15, 0.2) is 24.3 Å². The Labute approximate surface area is 121 Å². The van der Waals surface area contributed by atoms with Gasteiger partial charge in [-0.05, 0) is 64.3 Å². The van der Waals surface area contributed by atoms with Crippen molar-refractivity contribution in [3.8, 4) is 0 Å². The number of anilines is 2. The van der Waals surface area contributed by atoms with Gasteiger partial charge in [-0.1, -0.05) is 0 Å². The van der Waals surface area contributed by atoms with Gasteiger partial charge >= 0.3 is 0 Å². The van der Waals surface area contributed by atoms with Crippen LogP contribution >= 0.6 is 0 Å². The molecule has 0 saturated heterocycles. The van der Waals surface area contributed by atoms with E-state index in [1.807, 2.05) is 24.3 Å². The van der Waals surface area contributed by atoms with Crippen molar-refractivity contribution in [1.29, 1.82) is 0 Å². The maximum atomic E-state index is 12.1. The van der Waals surface area contributed by atoms with Gasteiger partial charge in [0.2, 0.25) is 5.91 Å². The lowest BCUT2D eigenvalue weighted by atomic mass is 9.77. The van der Waals surface area contributed by atoms with Crippen molar-refractivity contribution in [2.24, 2.45) is 5.73 Å². The third-order valence-corrected chi connectivity index (χ3v) is 4.12. The van der Waals surface area contributed by atoms with Gasteiger partial charge in [-0.3, -0.25) is 4.79 Å². The normalized spacial score (nSPS) is 16.6. The van der Waals surface area contributed by atoms with E-state index < -0.39 is 5.54 Å². The Morgan fingerprint density at radius 1 is 1.35 bits per heavy atom. The maximum Gasteiger partial charge on any atom is 0.244 e. The summed E-state index contributed by atoms with van der Waals surface area (Å²) in [5.41, 5.74) is 7.35. The summed E-state index contributed by atoms with van der Waals surface area (Å²) in [6, 6.07) is 8.44. The van der Waals surface area contributed by atoms with Crippen LogP contribution in [0.2, 0.25) is 0 Å². The summed E-state index contributed by atoms with van der Waals surface area (Å²) in [4.78, 5) is 14.4. The number of benzene rings is 1. The molecule has 1 saturated carbocycles. The molecule has 0 heterocycles. The number of nitrogens with zero attached hydrogens (tertiary/aromatic N) is 1. The average Bonchev–Trinajstić information content (AvgIpc) is 2.38. The van der Waals surface area contributed by atoms with Crippen LogP contribution in [0.3, 0.4) is 0 Å². The topological polar surface area (TPSA) is 58.4 Å². The first-order chi connectivity index (χ1) is 9.46. The average molecular weight is 275 g/mol. The number of hydrogen-bond acceptors (Lipinski definition) is 3. The van der Waals surface area contributed by atoms with Gasteiger partial charge in [-0.2, -0.15) is 0 Å². The second-order valence-corrected chi connectivity index (χ2v) is 5.89. The third kappa shape index (κ3) is 2.96. The SMILES string of the molecule is CCN(c1ccc(NC(=O)C2(N)CCC2)cc1)C(C)C. The largest absolute Gasteiger partial charge is 0.369 e. The molecule has 0 aliphatic heterocycles. The fourth-order valence-corrected chi connectivity index (χ4v) is 2.62. The molecule has 1 aromatic carbocycles. The van der Waals surface area contributed by atoms with E-state index >= 15 is 0 Å². The molecular weight excluding hydrogens is 250 g/mol. The summed E-state index contributed by atoms with van der Waals surface area (Å²) in [7, 11) is 0. The lowest BCUT2D eigenvalue weighted by molar-refractivity contribution is -0.123. The van der Waals surface area contributed by atoms with Gasteiger partial charge in [0.05, 0.1) is 5.54 Å². The van der Waals surface area contributed by atoms with E-state index in [9.17, 15) is 4.79 Å². The molecule has 0 radical (unpaired) electrons. The molecule has 1 aliphatic carbocycles. The molecule has 110 valence electrons. The minimum Gasteiger partial charge on any atom is -0.369 e. The second kappa shape index (κ2) is 5.83. The molecule has 0 unspecified atom stereocenters. The summed E-state index contributed by atoms with van der Waals surface area (Å²) in [6.07, 6.45) is 2.62. The standard InChI is InChI=1S/C16H25N3O/c1-4-19(12(2)3)14-8-6-13(7-9-14)18-15(20)16(17)10-5-11-16/h6-9,12H,4-5,10-11,17H2,1-3H3,(H,18,20). The van der Waals surface area contributed by atoms with E-state index in [1.165, 1.54) is 5.69 Å². The van der Waals surface area contributed by atoms with Crippen molar-refractivity contribution in [3.05, 3.63) is 24.3 Å². The predicted octanol–water partition coefficient (Wildman–Crippen LogP) is 2.74. The number of nitrogens with two attached hydrogens (primary N) is 1. The van der Waals surface area contributed by atoms with E-state index in [2.05, 4.69) is 31.0 Å². The monoisotopic (exact) mass is 275 g/mol. The maximum absolute atomic E-state index is 12.1. The fourth-order valence-electron chi connectivity index (χ4n) is 2.62. The van der Waals surface area contributed by atoms with Crippen LogP contribution in [0, 0.1) is 0 Å². The van der Waals surface area contributed by atoms with Crippen molar-refractivity contribution in [2.75, 3.05) is 16.8 Å². The molecule has 0 bridgehead atoms. The van der Waals surface area contributed by atoms with Crippen LogP contribution in [0.5, 0.6) is 0 Å². The first-order valence-corrected chi connectivity index (χ1v) is 7.43. The van der Waals surface area contributed by atoms with E-state index in [-0.39, 0.29) is 5.91 Å². The van der Waals surface area contributed by atoms with Crippen LogP contribution in [0.25, 0.3) is 0 Å². The zero-order chi connectivity index (χ0) is 14.8. The predicted molar refractivity (Wildman–Crippen MR) is 84.0 cm³/mol. The first-order valence-electron chi connectivity index (χ1n) is 7.43. The molecule has 4 nitrogen and oxygen atoms in total. The zero-order valence-corrected chi connectivity index (χ0v) is 12.6. The highest BCUT2D eigenvalue weighted by Gasteiger charge is 2.40. The number of carbonyl (C=O) groups excluding carboxylic acids is 1. The van der Waals surface area contributed by atoms with Crippen LogP contribution in [-0.4, -0.2) is 24.0 Å². The van der Waals surface area contributed by atoms with Crippen molar-refractivity contribution in [3.63, 3.8) is 0 Å². The number of amides is 1. The molecule has 3 N–H and O–H groups in total. The highest BCUT2D eigenvalue weighted by atomic mass is 16.2. The Bertz CT molecular complexity index is 463. The number of nitrogens with one attached hydrogen (secondary N) is 1. The van der Waals surface area contributed by atoms with Crippen molar-refractivity contribution in [2.45, 2.75) is 51.6 Å². The minimum absolute atomic E-state index is 0.0623. The van der Waals surface area contributed by atoms with Crippen LogP contribution < -0.4 is 16.0 Å². The smallest absolute Gasteiger partial charge is 0.244 e. The number of carbonyl (C=O) groups is 1. The molecule has 0 aromatic heterocycles. The van der Waals surface area contributed by atoms with Gasteiger partial charge in [0.25, 0.3) is 0 Å². The van der Waals surface area contributed by atoms with Crippen molar-refractivity contribution < 1.29 is 4.79 Å². The van der Waals surface area contributed by atoms with Gasteiger partial charge < -0.3 is 16.0 Å². The summed E-state index contributed by atoms with van der Waals surface area (Å²) >= 11 is 0. The van der Waals surface area contributed by atoms with E-state index in [4.69, 9.17) is 5.73 Å². The summed E-state index contributed by atoms with van der Waals surface area (Å²) in [6.45, 7) is 7.46. The molecule has 20 heavy (non-hydrogen) atoms. The summed E-state index contributed by atoms with van der Waals surface area (Å²) in [5.74, 6) is -0.0623. The van der Waals surface area contributed by atoms with Crippen molar-refractivity contribution >= 4 is 17.3 Å².